The minimum absolute atomic E-state index is 0.0502. The molecular weight excluding hydrogens is 506 g/mol. The summed E-state index contributed by atoms with van der Waals surface area (Å²) in [7, 11) is -4.28. The molecule has 0 aliphatic carbocycles. The molecule has 0 aliphatic rings. The molecule has 2 aromatic carbocycles. The fourth-order valence-electron chi connectivity index (χ4n) is 2.88. The van der Waals surface area contributed by atoms with Gasteiger partial charge in [-0.25, -0.2) is 0 Å². The second-order valence-corrected chi connectivity index (χ2v) is 10.7. The molecule has 168 valence electrons. The molecule has 0 fully saturated rings. The van der Waals surface area contributed by atoms with E-state index in [1.807, 2.05) is 0 Å². The Morgan fingerprint density at radius 2 is 1.23 bits per heavy atom. The van der Waals surface area contributed by atoms with Crippen LogP contribution in [0.15, 0.2) is 36.4 Å². The summed E-state index contributed by atoms with van der Waals surface area (Å²) in [6, 6.07) is 13.5. The lowest BCUT2D eigenvalue weighted by Gasteiger charge is -2.17. The molecule has 0 saturated heterocycles. The monoisotopic (exact) mass is 538 g/mol. The number of ether oxygens (including phenoxy) is 1. The number of hydrogen-bond donors (Lipinski definition) is 0. The molecule has 30 heavy (non-hydrogen) atoms. The smallest absolute Gasteiger partial charge is 0.497 e. The minimum atomic E-state index is -6.00. The summed E-state index contributed by atoms with van der Waals surface area (Å²) in [4.78, 5) is 0. The lowest BCUT2D eigenvalue weighted by Crippen LogP contribution is -3.61. The van der Waals surface area contributed by atoms with E-state index in [1.54, 1.807) is 21.8 Å². The molecule has 2 aromatic rings. The largest absolute Gasteiger partial charge is 0.673 e. The second-order valence-electron chi connectivity index (χ2n) is 8.09. The van der Waals surface area contributed by atoms with Gasteiger partial charge in [0.1, 0.15) is 5.75 Å². The van der Waals surface area contributed by atoms with Gasteiger partial charge in [0, 0.05) is 16.7 Å². The quantitative estimate of drug-likeness (QED) is 0.213. The van der Waals surface area contributed by atoms with Gasteiger partial charge in [-0.2, -0.15) is 0 Å². The van der Waals surface area contributed by atoms with Crippen LogP contribution in [0.3, 0.4) is 0 Å². The molecule has 0 heterocycles. The molecule has 0 saturated carbocycles. The number of rotatable bonds is 7. The topological polar surface area (TPSA) is 9.23 Å². The molecule has 2 rings (SSSR count). The van der Waals surface area contributed by atoms with Crippen molar-refractivity contribution in [1.82, 2.24) is 0 Å². The van der Waals surface area contributed by atoms with E-state index >= 15 is 0 Å². The Bertz CT molecular complexity index is 752. The number of alkyl halides is 1. The molecule has 0 radical (unpaired) electrons. The Balaban J connectivity index is 0.000000804. The Morgan fingerprint density at radius 1 is 0.800 bits per heavy atom. The maximum Gasteiger partial charge on any atom is 0.673 e. The Labute approximate surface area is 189 Å². The lowest BCUT2D eigenvalue weighted by molar-refractivity contribution is -0.644. The van der Waals surface area contributed by atoms with Crippen molar-refractivity contribution in [3.05, 3.63) is 62.2 Å². The summed E-state index contributed by atoms with van der Waals surface area (Å²) >= 11 is -0.0502. The molecule has 1 nitrogen and oxygen atoms in total. The third-order valence-corrected chi connectivity index (χ3v) is 7.85. The SMILES string of the molecule is COc1ccc(C[I+]c2c(C(C)C)cc(C(C)C)cc2C(C)C)cc1.F[B-](F)(F)F. The van der Waals surface area contributed by atoms with E-state index in [0.717, 1.165) is 5.75 Å². The van der Waals surface area contributed by atoms with Gasteiger partial charge in [-0.3, -0.25) is 0 Å². The third-order valence-electron chi connectivity index (χ3n) is 4.58. The minimum Gasteiger partial charge on any atom is -0.497 e. The normalized spacial score (nSPS) is 11.7. The number of methoxy groups -OCH3 is 1. The van der Waals surface area contributed by atoms with Crippen LogP contribution in [-0.2, 0) is 4.43 Å². The van der Waals surface area contributed by atoms with Crippen LogP contribution in [0, 0.1) is 3.57 Å². The molecule has 0 bridgehead atoms. The van der Waals surface area contributed by atoms with Gasteiger partial charge in [-0.05, 0) is 35.4 Å². The average Bonchev–Trinajstić information content (AvgIpc) is 2.64. The fourth-order valence-corrected chi connectivity index (χ4v) is 6.65. The van der Waals surface area contributed by atoms with Gasteiger partial charge in [-0.15, -0.1) is 0 Å². The maximum atomic E-state index is 9.75. The Kier molecular flexibility index (Phi) is 10.7. The van der Waals surface area contributed by atoms with Crippen molar-refractivity contribution in [3.63, 3.8) is 0 Å². The number of halogens is 5. The Hall–Kier alpha value is -1.25. The molecular formula is C23H32BF4IO. The first-order valence-electron chi connectivity index (χ1n) is 10.1. The summed E-state index contributed by atoms with van der Waals surface area (Å²) in [5.74, 6) is 2.70. The zero-order chi connectivity index (χ0) is 23.1. The van der Waals surface area contributed by atoms with Crippen molar-refractivity contribution in [3.8, 4) is 5.75 Å². The van der Waals surface area contributed by atoms with Gasteiger partial charge >= 0.3 is 28.5 Å². The van der Waals surface area contributed by atoms with Gasteiger partial charge in [0.25, 0.3) is 0 Å². The zero-order valence-electron chi connectivity index (χ0n) is 18.8. The van der Waals surface area contributed by atoms with Crippen LogP contribution in [0.2, 0.25) is 0 Å². The highest BCUT2D eigenvalue weighted by atomic mass is 127. The van der Waals surface area contributed by atoms with E-state index in [-0.39, 0.29) is 21.2 Å². The number of benzene rings is 2. The molecule has 0 aromatic heterocycles. The van der Waals surface area contributed by atoms with Gasteiger partial charge in [0.2, 0.25) is 0 Å². The summed E-state index contributed by atoms with van der Waals surface area (Å²) < 4.78 is 47.1. The van der Waals surface area contributed by atoms with Crippen molar-refractivity contribution in [1.29, 1.82) is 0 Å². The molecule has 0 aliphatic heterocycles. The van der Waals surface area contributed by atoms with Crippen molar-refractivity contribution < 1.29 is 43.2 Å². The molecule has 0 atom stereocenters. The van der Waals surface area contributed by atoms with Crippen LogP contribution >= 0.6 is 0 Å². The standard InChI is InChI=1S/C23H32IO.BF4/c1-15(2)19-12-21(16(3)4)23(22(13-19)17(5)6)24-14-18-8-10-20(25-7)11-9-18;2-1(3,4)5/h8-13,15-17H,14H2,1-7H3;/q+1;-1. The zero-order valence-corrected chi connectivity index (χ0v) is 20.9. The molecule has 0 N–H and O–H groups in total. The van der Waals surface area contributed by atoms with Crippen LogP contribution in [0.1, 0.15) is 81.5 Å². The van der Waals surface area contributed by atoms with E-state index in [2.05, 4.69) is 77.9 Å². The van der Waals surface area contributed by atoms with Crippen LogP contribution < -0.4 is 25.9 Å². The predicted molar refractivity (Wildman–Crippen MR) is 114 cm³/mol. The molecule has 0 amide bonds. The third kappa shape index (κ3) is 9.27. The predicted octanol–water partition coefficient (Wildman–Crippen LogP) is 4.82. The highest BCUT2D eigenvalue weighted by Gasteiger charge is 2.26. The summed E-state index contributed by atoms with van der Waals surface area (Å²) in [6.07, 6.45) is 0. The van der Waals surface area contributed by atoms with E-state index in [9.17, 15) is 17.3 Å². The van der Waals surface area contributed by atoms with Crippen LogP contribution in [-0.4, -0.2) is 14.4 Å². The van der Waals surface area contributed by atoms with Gasteiger partial charge in [0.15, 0.2) is 8.00 Å². The van der Waals surface area contributed by atoms with Gasteiger partial charge in [0.05, 0.1) is 7.11 Å². The van der Waals surface area contributed by atoms with E-state index in [4.69, 9.17) is 4.74 Å². The highest BCUT2D eigenvalue weighted by Crippen LogP contribution is 2.27. The summed E-state index contributed by atoms with van der Waals surface area (Å²) in [5, 5.41) is 0. The van der Waals surface area contributed by atoms with Crippen LogP contribution in [0.25, 0.3) is 0 Å². The molecule has 0 unspecified atom stereocenters. The maximum absolute atomic E-state index is 9.75. The molecule has 7 heteroatoms. The van der Waals surface area contributed by atoms with Crippen molar-refractivity contribution >= 4 is 7.25 Å². The van der Waals surface area contributed by atoms with Gasteiger partial charge in [-0.1, -0.05) is 65.8 Å². The second kappa shape index (κ2) is 12.0. The van der Waals surface area contributed by atoms with Crippen LogP contribution in [0.4, 0.5) is 17.3 Å². The van der Waals surface area contributed by atoms with Crippen LogP contribution in [0.5, 0.6) is 5.75 Å². The summed E-state index contributed by atoms with van der Waals surface area (Å²) in [6.45, 7) is 14.0. The van der Waals surface area contributed by atoms with E-state index in [1.165, 1.54) is 15.6 Å². The molecule has 0 spiro atoms. The fraction of sp³-hybridized carbons (Fsp3) is 0.478. The Morgan fingerprint density at radius 3 is 1.57 bits per heavy atom. The van der Waals surface area contributed by atoms with Crippen molar-refractivity contribution in [2.45, 2.75) is 63.7 Å². The van der Waals surface area contributed by atoms with Gasteiger partial charge < -0.3 is 22.0 Å². The van der Waals surface area contributed by atoms with Crippen molar-refractivity contribution in [2.24, 2.45) is 0 Å². The van der Waals surface area contributed by atoms with E-state index in [0.29, 0.717) is 17.8 Å². The average molecular weight is 538 g/mol. The van der Waals surface area contributed by atoms with E-state index < -0.39 is 7.25 Å². The lowest BCUT2D eigenvalue weighted by atomic mass is 9.90. The first-order valence-corrected chi connectivity index (χ1v) is 12.7. The highest BCUT2D eigenvalue weighted by molar-refractivity contribution is 6.50. The first kappa shape index (κ1) is 26.8. The van der Waals surface area contributed by atoms with Crippen molar-refractivity contribution in [2.75, 3.05) is 7.11 Å². The summed E-state index contributed by atoms with van der Waals surface area (Å²) in [5.41, 5.74) is 6.07. The first-order chi connectivity index (χ1) is 13.8. The number of hydrogen-bond acceptors (Lipinski definition) is 1.